The van der Waals surface area contributed by atoms with Crippen LogP contribution in [0.25, 0.3) is 0 Å². The van der Waals surface area contributed by atoms with Gasteiger partial charge in [0.2, 0.25) is 0 Å². The molecule has 2 unspecified atom stereocenters. The van der Waals surface area contributed by atoms with E-state index in [1.807, 2.05) is 0 Å². The predicted molar refractivity (Wildman–Crippen MR) is 59.5 cm³/mol. The van der Waals surface area contributed by atoms with E-state index in [2.05, 4.69) is 0 Å². The lowest BCUT2D eigenvalue weighted by atomic mass is 10.1. The Kier molecular flexibility index (Phi) is 3.51. The highest BCUT2D eigenvalue weighted by molar-refractivity contribution is 5.77. The summed E-state index contributed by atoms with van der Waals surface area (Å²) in [4.78, 5) is 26.1. The van der Waals surface area contributed by atoms with Crippen molar-refractivity contribution in [2.75, 3.05) is 26.2 Å². The molecule has 2 atom stereocenters. The van der Waals surface area contributed by atoms with Crippen LogP contribution >= 0.6 is 0 Å². The van der Waals surface area contributed by atoms with Gasteiger partial charge in [-0.3, -0.25) is 4.79 Å². The molecule has 2 heterocycles. The number of amides is 2. The summed E-state index contributed by atoms with van der Waals surface area (Å²) in [7, 11) is 0. The van der Waals surface area contributed by atoms with Crippen molar-refractivity contribution in [1.29, 1.82) is 0 Å². The van der Waals surface area contributed by atoms with Gasteiger partial charge in [0.05, 0.1) is 12.0 Å². The number of nitrogens with zero attached hydrogens (tertiary/aromatic N) is 2. The molecule has 0 aromatic heterocycles. The SMILES string of the molecule is O=C(O)C1CCN(C(=O)N2CCCC(O)C2)C1. The average Bonchev–Trinajstić information content (AvgIpc) is 2.77. The molecule has 0 aromatic rings. The number of piperidine rings is 1. The molecule has 17 heavy (non-hydrogen) atoms. The van der Waals surface area contributed by atoms with Crippen LogP contribution in [-0.2, 0) is 4.79 Å². The number of carbonyl (C=O) groups is 2. The molecule has 2 aliphatic rings. The zero-order valence-corrected chi connectivity index (χ0v) is 9.71. The van der Waals surface area contributed by atoms with Crippen molar-refractivity contribution in [3.05, 3.63) is 0 Å². The Hall–Kier alpha value is -1.30. The van der Waals surface area contributed by atoms with E-state index in [1.165, 1.54) is 0 Å². The van der Waals surface area contributed by atoms with E-state index in [0.29, 0.717) is 32.6 Å². The molecule has 0 bridgehead atoms. The summed E-state index contributed by atoms with van der Waals surface area (Å²) in [5.41, 5.74) is 0. The van der Waals surface area contributed by atoms with Gasteiger partial charge in [-0.1, -0.05) is 0 Å². The number of likely N-dealkylation sites (tertiary alicyclic amines) is 2. The smallest absolute Gasteiger partial charge is 0.320 e. The van der Waals surface area contributed by atoms with Crippen LogP contribution in [0.15, 0.2) is 0 Å². The number of carbonyl (C=O) groups excluding carboxylic acids is 1. The van der Waals surface area contributed by atoms with Crippen LogP contribution in [0.2, 0.25) is 0 Å². The van der Waals surface area contributed by atoms with Crippen LogP contribution < -0.4 is 0 Å². The van der Waals surface area contributed by atoms with E-state index in [9.17, 15) is 14.7 Å². The number of carboxylic acid groups (broad SMARTS) is 1. The zero-order chi connectivity index (χ0) is 12.4. The molecule has 2 N–H and O–H groups in total. The van der Waals surface area contributed by atoms with Gasteiger partial charge >= 0.3 is 12.0 Å². The molecule has 0 radical (unpaired) electrons. The highest BCUT2D eigenvalue weighted by Crippen LogP contribution is 2.19. The molecule has 0 aromatic carbocycles. The molecule has 2 saturated heterocycles. The molecular weight excluding hydrogens is 224 g/mol. The number of urea groups is 1. The number of β-amino-alcohol motifs (C(OH)–C–C–N with tert-alkyl or cyclic N) is 1. The van der Waals surface area contributed by atoms with Crippen LogP contribution in [0.3, 0.4) is 0 Å². The molecule has 96 valence electrons. The lowest BCUT2D eigenvalue weighted by molar-refractivity contribution is -0.141. The minimum absolute atomic E-state index is 0.132. The maximum absolute atomic E-state index is 12.1. The second-order valence-electron chi connectivity index (χ2n) is 4.79. The van der Waals surface area contributed by atoms with E-state index in [0.717, 1.165) is 12.8 Å². The molecule has 2 fully saturated rings. The fourth-order valence-electron chi connectivity index (χ4n) is 2.46. The van der Waals surface area contributed by atoms with Gasteiger partial charge in [-0.25, -0.2) is 4.79 Å². The molecule has 0 saturated carbocycles. The van der Waals surface area contributed by atoms with Crippen LogP contribution in [0.1, 0.15) is 19.3 Å². The van der Waals surface area contributed by atoms with Gasteiger partial charge in [0.1, 0.15) is 0 Å². The van der Waals surface area contributed by atoms with Crippen molar-refractivity contribution in [2.24, 2.45) is 5.92 Å². The average molecular weight is 242 g/mol. The molecule has 6 nitrogen and oxygen atoms in total. The van der Waals surface area contributed by atoms with Gasteiger partial charge in [0.15, 0.2) is 0 Å². The van der Waals surface area contributed by atoms with Gasteiger partial charge in [0, 0.05) is 26.2 Å². The highest BCUT2D eigenvalue weighted by atomic mass is 16.4. The molecule has 2 aliphatic heterocycles. The summed E-state index contributed by atoms with van der Waals surface area (Å²) in [6, 6.07) is -0.132. The number of rotatable bonds is 1. The summed E-state index contributed by atoms with van der Waals surface area (Å²) in [5, 5.41) is 18.4. The quantitative estimate of drug-likeness (QED) is 0.676. The van der Waals surface area contributed by atoms with E-state index in [4.69, 9.17) is 5.11 Å². The van der Waals surface area contributed by atoms with Crippen LogP contribution in [0.5, 0.6) is 0 Å². The topological polar surface area (TPSA) is 81.1 Å². The van der Waals surface area contributed by atoms with E-state index < -0.39 is 18.0 Å². The first-order valence-electron chi connectivity index (χ1n) is 6.02. The van der Waals surface area contributed by atoms with Gasteiger partial charge < -0.3 is 20.0 Å². The molecule has 0 spiro atoms. The molecule has 2 amide bonds. The standard InChI is InChI=1S/C11H18N2O4/c14-9-2-1-4-12(7-9)11(17)13-5-3-8(6-13)10(15)16/h8-9,14H,1-7H2,(H,15,16). The third-order valence-electron chi connectivity index (χ3n) is 3.48. The summed E-state index contributed by atoms with van der Waals surface area (Å²) in [6.45, 7) is 1.82. The number of aliphatic carboxylic acids is 1. The fourth-order valence-corrected chi connectivity index (χ4v) is 2.46. The maximum Gasteiger partial charge on any atom is 0.320 e. The number of carboxylic acids is 1. The Morgan fingerprint density at radius 1 is 1.06 bits per heavy atom. The summed E-state index contributed by atoms with van der Waals surface area (Å²) in [6.07, 6.45) is 1.63. The Morgan fingerprint density at radius 2 is 1.76 bits per heavy atom. The Balaban J connectivity index is 1.90. The van der Waals surface area contributed by atoms with Crippen molar-refractivity contribution < 1.29 is 19.8 Å². The van der Waals surface area contributed by atoms with E-state index >= 15 is 0 Å². The first kappa shape index (κ1) is 12.2. The van der Waals surface area contributed by atoms with Crippen LogP contribution in [0.4, 0.5) is 4.79 Å². The second-order valence-corrected chi connectivity index (χ2v) is 4.79. The van der Waals surface area contributed by atoms with E-state index in [1.54, 1.807) is 9.80 Å². The normalized spacial score (nSPS) is 29.5. The fraction of sp³-hybridized carbons (Fsp3) is 0.818. The maximum atomic E-state index is 12.1. The van der Waals surface area contributed by atoms with Gasteiger partial charge in [-0.15, -0.1) is 0 Å². The minimum atomic E-state index is -0.834. The third-order valence-corrected chi connectivity index (χ3v) is 3.48. The number of hydrogen-bond acceptors (Lipinski definition) is 3. The first-order chi connectivity index (χ1) is 8.08. The highest BCUT2D eigenvalue weighted by Gasteiger charge is 2.34. The van der Waals surface area contributed by atoms with Gasteiger partial charge in [-0.2, -0.15) is 0 Å². The van der Waals surface area contributed by atoms with Crippen molar-refractivity contribution >= 4 is 12.0 Å². The minimum Gasteiger partial charge on any atom is -0.481 e. The van der Waals surface area contributed by atoms with Crippen LogP contribution in [-0.4, -0.2) is 64.3 Å². The molecular formula is C11H18N2O4. The Morgan fingerprint density at radius 3 is 2.35 bits per heavy atom. The summed E-state index contributed by atoms with van der Waals surface area (Å²) in [5.74, 6) is -1.27. The Labute approximate surface area is 99.8 Å². The predicted octanol–water partition coefficient (Wildman–Crippen LogP) is -0.0304. The van der Waals surface area contributed by atoms with Crippen molar-refractivity contribution in [3.63, 3.8) is 0 Å². The molecule has 6 heteroatoms. The van der Waals surface area contributed by atoms with Crippen molar-refractivity contribution in [2.45, 2.75) is 25.4 Å². The molecule has 0 aliphatic carbocycles. The number of aliphatic hydroxyl groups excluding tert-OH is 1. The lowest BCUT2D eigenvalue weighted by Gasteiger charge is -2.33. The van der Waals surface area contributed by atoms with Gasteiger partial charge in [-0.05, 0) is 19.3 Å². The second kappa shape index (κ2) is 4.91. The molecule has 2 rings (SSSR count). The number of aliphatic hydroxyl groups is 1. The third kappa shape index (κ3) is 2.69. The van der Waals surface area contributed by atoms with Crippen molar-refractivity contribution in [1.82, 2.24) is 9.80 Å². The monoisotopic (exact) mass is 242 g/mol. The largest absolute Gasteiger partial charge is 0.481 e. The lowest BCUT2D eigenvalue weighted by Crippen LogP contribution is -2.48. The van der Waals surface area contributed by atoms with Crippen LogP contribution in [0, 0.1) is 5.92 Å². The van der Waals surface area contributed by atoms with Crippen molar-refractivity contribution in [3.8, 4) is 0 Å². The van der Waals surface area contributed by atoms with E-state index in [-0.39, 0.29) is 6.03 Å². The summed E-state index contributed by atoms with van der Waals surface area (Å²) < 4.78 is 0. The summed E-state index contributed by atoms with van der Waals surface area (Å²) >= 11 is 0. The number of hydrogen-bond donors (Lipinski definition) is 2. The Bertz CT molecular complexity index is 321. The van der Waals surface area contributed by atoms with Gasteiger partial charge in [0.25, 0.3) is 0 Å². The zero-order valence-electron chi connectivity index (χ0n) is 9.71. The first-order valence-corrected chi connectivity index (χ1v) is 6.02.